The lowest BCUT2D eigenvalue weighted by atomic mass is 9.95. The number of benzene rings is 2. The summed E-state index contributed by atoms with van der Waals surface area (Å²) in [6.45, 7) is 12.5. The molecule has 0 aliphatic carbocycles. The van der Waals surface area contributed by atoms with Gasteiger partial charge in [0.2, 0.25) is 0 Å². The summed E-state index contributed by atoms with van der Waals surface area (Å²) >= 11 is 0. The molecule has 0 atom stereocenters. The molecule has 0 fully saturated rings. The Labute approximate surface area is 105 Å². The Balaban J connectivity index is 0.000000686. The molecule has 88 valence electrons. The van der Waals surface area contributed by atoms with Crippen molar-refractivity contribution in [3.05, 3.63) is 72.3 Å². The van der Waals surface area contributed by atoms with E-state index >= 15 is 0 Å². The van der Waals surface area contributed by atoms with E-state index in [0.717, 1.165) is 0 Å². The molecular formula is C17H20. The van der Waals surface area contributed by atoms with Gasteiger partial charge in [0.1, 0.15) is 0 Å². The summed E-state index contributed by atoms with van der Waals surface area (Å²) in [6.07, 6.45) is 0. The van der Waals surface area contributed by atoms with Crippen LogP contribution in [0.15, 0.2) is 55.6 Å². The van der Waals surface area contributed by atoms with Crippen LogP contribution in [-0.4, -0.2) is 0 Å². The molecule has 0 aliphatic rings. The molecule has 2 aromatic carbocycles. The average Bonchev–Trinajstić information content (AvgIpc) is 2.33. The van der Waals surface area contributed by atoms with Crippen LogP contribution in [0.1, 0.15) is 16.7 Å². The zero-order valence-corrected chi connectivity index (χ0v) is 11.0. The van der Waals surface area contributed by atoms with E-state index < -0.39 is 0 Å². The normalized spacial score (nSPS) is 9.35. The van der Waals surface area contributed by atoms with Gasteiger partial charge in [0, 0.05) is 0 Å². The average molecular weight is 224 g/mol. The van der Waals surface area contributed by atoms with E-state index in [2.05, 4.69) is 76.4 Å². The smallest absolute Gasteiger partial charge is 0.0152 e. The van der Waals surface area contributed by atoms with E-state index in [4.69, 9.17) is 0 Å². The topological polar surface area (TPSA) is 0 Å². The number of aryl methyl sites for hydroxylation is 3. The summed E-state index contributed by atoms with van der Waals surface area (Å²) in [5, 5.41) is 0. The van der Waals surface area contributed by atoms with Crippen molar-refractivity contribution in [1.82, 2.24) is 0 Å². The third-order valence-corrected chi connectivity index (χ3v) is 2.82. The maximum atomic E-state index is 3.00. The molecule has 0 saturated heterocycles. The van der Waals surface area contributed by atoms with Crippen molar-refractivity contribution in [1.29, 1.82) is 0 Å². The molecule has 0 aliphatic heterocycles. The van der Waals surface area contributed by atoms with Crippen LogP contribution in [0, 0.1) is 20.8 Å². The first-order valence-corrected chi connectivity index (χ1v) is 5.82. The second kappa shape index (κ2) is 6.05. The van der Waals surface area contributed by atoms with Crippen LogP contribution in [0.25, 0.3) is 11.1 Å². The summed E-state index contributed by atoms with van der Waals surface area (Å²) in [6, 6.07) is 15.2. The minimum absolute atomic E-state index is 1.32. The Morgan fingerprint density at radius 2 is 1.29 bits per heavy atom. The van der Waals surface area contributed by atoms with Crippen molar-refractivity contribution in [3.8, 4) is 11.1 Å². The van der Waals surface area contributed by atoms with Gasteiger partial charge in [-0.15, -0.1) is 13.2 Å². The highest BCUT2D eigenvalue weighted by molar-refractivity contribution is 5.70. The highest BCUT2D eigenvalue weighted by atomic mass is 14.1. The Morgan fingerprint density at radius 3 is 1.88 bits per heavy atom. The predicted octanol–water partition coefficient (Wildman–Crippen LogP) is 5.08. The molecule has 0 spiro atoms. The monoisotopic (exact) mass is 224 g/mol. The molecule has 2 aromatic rings. The molecule has 2 rings (SSSR count). The third-order valence-electron chi connectivity index (χ3n) is 2.82. The van der Waals surface area contributed by atoms with E-state index in [0.29, 0.717) is 0 Å². The minimum atomic E-state index is 1.32. The van der Waals surface area contributed by atoms with Crippen LogP contribution >= 0.6 is 0 Å². The van der Waals surface area contributed by atoms with Gasteiger partial charge < -0.3 is 0 Å². The minimum Gasteiger partial charge on any atom is -0.106 e. The maximum Gasteiger partial charge on any atom is -0.0152 e. The number of hydrogen-bond acceptors (Lipinski definition) is 0. The van der Waals surface area contributed by atoms with Gasteiger partial charge in [0.25, 0.3) is 0 Å². The second-order valence-electron chi connectivity index (χ2n) is 4.13. The molecule has 0 bridgehead atoms. The Bertz CT molecular complexity index is 495. The van der Waals surface area contributed by atoms with Crippen LogP contribution in [0.2, 0.25) is 0 Å². The largest absolute Gasteiger partial charge is 0.106 e. The van der Waals surface area contributed by atoms with Crippen molar-refractivity contribution in [2.45, 2.75) is 20.8 Å². The highest BCUT2D eigenvalue weighted by Gasteiger charge is 2.03. The second-order valence-corrected chi connectivity index (χ2v) is 4.13. The Kier molecular flexibility index (Phi) is 4.71. The first-order chi connectivity index (χ1) is 8.18. The van der Waals surface area contributed by atoms with Crippen molar-refractivity contribution in [2.24, 2.45) is 0 Å². The number of rotatable bonds is 1. The van der Waals surface area contributed by atoms with Crippen molar-refractivity contribution >= 4 is 0 Å². The Morgan fingerprint density at radius 1 is 0.706 bits per heavy atom. The van der Waals surface area contributed by atoms with Crippen molar-refractivity contribution in [3.63, 3.8) is 0 Å². The van der Waals surface area contributed by atoms with Gasteiger partial charge in [-0.1, -0.05) is 48.0 Å². The van der Waals surface area contributed by atoms with Gasteiger partial charge in [-0.05, 0) is 43.0 Å². The molecule has 0 N–H and O–H groups in total. The van der Waals surface area contributed by atoms with E-state index in [1.165, 1.54) is 27.8 Å². The number of hydrogen-bond donors (Lipinski definition) is 0. The molecule has 0 nitrogen and oxygen atoms in total. The lowest BCUT2D eigenvalue weighted by Gasteiger charge is -2.09. The predicted molar refractivity (Wildman–Crippen MR) is 77.3 cm³/mol. The molecule has 0 radical (unpaired) electrons. The van der Waals surface area contributed by atoms with Crippen LogP contribution in [0.4, 0.5) is 0 Å². The lowest BCUT2D eigenvalue weighted by Crippen LogP contribution is -1.87. The van der Waals surface area contributed by atoms with Crippen LogP contribution in [0.5, 0.6) is 0 Å². The standard InChI is InChI=1S/C15H16.C2H4/c1-11-8-9-15(13(3)10-11)14-7-5-4-6-12(14)2;1-2/h4-10H,1-3H3;1-2H2. The molecule has 17 heavy (non-hydrogen) atoms. The molecule has 0 amide bonds. The summed E-state index contributed by atoms with van der Waals surface area (Å²) in [7, 11) is 0. The summed E-state index contributed by atoms with van der Waals surface area (Å²) < 4.78 is 0. The SMILES string of the molecule is C=C.Cc1ccc(-c2ccccc2C)c(C)c1. The fraction of sp³-hybridized carbons (Fsp3) is 0.176. The molecule has 0 aromatic heterocycles. The quantitative estimate of drug-likeness (QED) is 0.592. The van der Waals surface area contributed by atoms with E-state index in [1.807, 2.05) is 0 Å². The summed E-state index contributed by atoms with van der Waals surface area (Å²) in [4.78, 5) is 0. The summed E-state index contributed by atoms with van der Waals surface area (Å²) in [5.74, 6) is 0. The molecule has 0 saturated carbocycles. The maximum absolute atomic E-state index is 3.00. The van der Waals surface area contributed by atoms with Crippen molar-refractivity contribution in [2.75, 3.05) is 0 Å². The first-order valence-electron chi connectivity index (χ1n) is 5.82. The van der Waals surface area contributed by atoms with Gasteiger partial charge >= 0.3 is 0 Å². The fourth-order valence-electron chi connectivity index (χ4n) is 1.99. The van der Waals surface area contributed by atoms with E-state index in [-0.39, 0.29) is 0 Å². The van der Waals surface area contributed by atoms with Gasteiger partial charge in [0.05, 0.1) is 0 Å². The van der Waals surface area contributed by atoms with Crippen molar-refractivity contribution < 1.29 is 0 Å². The van der Waals surface area contributed by atoms with Crippen LogP contribution in [-0.2, 0) is 0 Å². The van der Waals surface area contributed by atoms with E-state index in [1.54, 1.807) is 0 Å². The fourth-order valence-corrected chi connectivity index (χ4v) is 1.99. The zero-order valence-electron chi connectivity index (χ0n) is 11.0. The zero-order chi connectivity index (χ0) is 12.8. The lowest BCUT2D eigenvalue weighted by molar-refractivity contribution is 1.36. The van der Waals surface area contributed by atoms with Gasteiger partial charge in [0.15, 0.2) is 0 Å². The molecule has 0 heteroatoms. The molecule has 0 heterocycles. The van der Waals surface area contributed by atoms with Crippen LogP contribution in [0.3, 0.4) is 0 Å². The van der Waals surface area contributed by atoms with E-state index in [9.17, 15) is 0 Å². The summed E-state index contributed by atoms with van der Waals surface area (Å²) in [5.41, 5.74) is 6.70. The molecular weight excluding hydrogens is 204 g/mol. The first kappa shape index (κ1) is 13.2. The van der Waals surface area contributed by atoms with Gasteiger partial charge in [-0.2, -0.15) is 0 Å². The van der Waals surface area contributed by atoms with Gasteiger partial charge in [-0.25, -0.2) is 0 Å². The van der Waals surface area contributed by atoms with Crippen LogP contribution < -0.4 is 0 Å². The van der Waals surface area contributed by atoms with Gasteiger partial charge in [-0.3, -0.25) is 0 Å². The highest BCUT2D eigenvalue weighted by Crippen LogP contribution is 2.26. The molecule has 0 unspecified atom stereocenters. The third kappa shape index (κ3) is 3.07. The Hall–Kier alpha value is -1.82.